The molecule has 5 nitrogen and oxygen atoms in total. The highest BCUT2D eigenvalue weighted by Gasteiger charge is 2.47. The molecule has 24 heavy (non-hydrogen) atoms. The summed E-state index contributed by atoms with van der Waals surface area (Å²) < 4.78 is 11.9. The molecule has 0 bridgehead atoms. The normalized spacial score (nSPS) is 27.3. The number of hydrogen-bond acceptors (Lipinski definition) is 5. The Morgan fingerprint density at radius 1 is 1.38 bits per heavy atom. The molecule has 0 amide bonds. The van der Waals surface area contributed by atoms with Gasteiger partial charge in [-0.05, 0) is 49.0 Å². The number of carbonyl (C=O) groups is 1. The highest BCUT2D eigenvalue weighted by molar-refractivity contribution is 8.03. The molecule has 1 aromatic rings. The van der Waals surface area contributed by atoms with E-state index < -0.39 is 16.8 Å². The number of methoxy groups -OCH3 is 1. The number of para-hydroxylation sites is 1. The fourth-order valence-electron chi connectivity index (χ4n) is 3.37. The lowest BCUT2D eigenvalue weighted by atomic mass is 9.89. The van der Waals surface area contributed by atoms with Gasteiger partial charge in [0.1, 0.15) is 16.6 Å². The minimum atomic E-state index is -0.840. The zero-order chi connectivity index (χ0) is 17.0. The van der Waals surface area contributed by atoms with Crippen molar-refractivity contribution in [3.05, 3.63) is 41.3 Å². The average Bonchev–Trinajstić information content (AvgIpc) is 2.99. The standard InChI is InChI=1S/C18H23NO4S/c1-22-15-5-3-2-4-13(15)12-18(8-11-24-16(18)17(20)21)23-14-6-9-19-10-7-14/h2-5,8,11,14,16,19H,6-7,9-10,12H2,1H3,(H,20,21). The third-order valence-corrected chi connectivity index (χ3v) is 5.73. The highest BCUT2D eigenvalue weighted by atomic mass is 32.2. The van der Waals surface area contributed by atoms with E-state index in [1.807, 2.05) is 35.7 Å². The van der Waals surface area contributed by atoms with E-state index in [-0.39, 0.29) is 6.10 Å². The minimum Gasteiger partial charge on any atom is -0.496 e. The van der Waals surface area contributed by atoms with Gasteiger partial charge in [0.05, 0.1) is 13.2 Å². The number of hydrogen-bond donors (Lipinski definition) is 2. The van der Waals surface area contributed by atoms with Crippen LogP contribution in [0.3, 0.4) is 0 Å². The Kier molecular flexibility index (Phi) is 5.48. The topological polar surface area (TPSA) is 67.8 Å². The molecule has 2 aliphatic heterocycles. The third-order valence-electron chi connectivity index (χ3n) is 4.56. The summed E-state index contributed by atoms with van der Waals surface area (Å²) in [5.74, 6) is -0.0749. The van der Waals surface area contributed by atoms with Gasteiger partial charge in [0, 0.05) is 6.42 Å². The van der Waals surface area contributed by atoms with Gasteiger partial charge in [0.25, 0.3) is 0 Å². The molecule has 0 aromatic heterocycles. The van der Waals surface area contributed by atoms with Crippen LogP contribution in [-0.2, 0) is 16.0 Å². The van der Waals surface area contributed by atoms with Gasteiger partial charge in [0.15, 0.2) is 0 Å². The Morgan fingerprint density at radius 2 is 2.12 bits per heavy atom. The third kappa shape index (κ3) is 3.61. The van der Waals surface area contributed by atoms with Gasteiger partial charge >= 0.3 is 5.97 Å². The van der Waals surface area contributed by atoms with Gasteiger partial charge in [-0.1, -0.05) is 18.2 Å². The molecule has 6 heteroatoms. The Balaban J connectivity index is 1.89. The second-order valence-electron chi connectivity index (χ2n) is 6.17. The van der Waals surface area contributed by atoms with Crippen LogP contribution in [0.15, 0.2) is 35.7 Å². The molecule has 130 valence electrons. The van der Waals surface area contributed by atoms with Crippen molar-refractivity contribution < 1.29 is 19.4 Å². The maximum absolute atomic E-state index is 11.8. The zero-order valence-electron chi connectivity index (χ0n) is 13.7. The molecule has 1 fully saturated rings. The molecule has 1 saturated heterocycles. The molecular weight excluding hydrogens is 326 g/mol. The Labute approximate surface area is 146 Å². The zero-order valence-corrected chi connectivity index (χ0v) is 14.6. The molecule has 2 N–H and O–H groups in total. The SMILES string of the molecule is COc1ccccc1CC1(OC2CCNCC2)C=CSC1C(=O)O. The number of piperidine rings is 1. The van der Waals surface area contributed by atoms with Crippen LogP contribution >= 0.6 is 11.8 Å². The smallest absolute Gasteiger partial charge is 0.320 e. The summed E-state index contributed by atoms with van der Waals surface area (Å²) in [5, 5.41) is 14.2. The first kappa shape index (κ1) is 17.3. The molecule has 2 unspecified atom stereocenters. The van der Waals surface area contributed by atoms with Crippen LogP contribution in [0.4, 0.5) is 0 Å². The average molecular weight is 349 g/mol. The van der Waals surface area contributed by atoms with Crippen molar-refractivity contribution in [3.8, 4) is 5.75 Å². The lowest BCUT2D eigenvalue weighted by Gasteiger charge is -2.37. The number of rotatable bonds is 6. The maximum atomic E-state index is 11.8. The number of nitrogens with one attached hydrogen (secondary N) is 1. The molecule has 2 atom stereocenters. The lowest BCUT2D eigenvalue weighted by Crippen LogP contribution is -2.49. The van der Waals surface area contributed by atoms with Crippen LogP contribution in [0.1, 0.15) is 18.4 Å². The largest absolute Gasteiger partial charge is 0.496 e. The molecule has 0 saturated carbocycles. The first-order valence-corrected chi connectivity index (χ1v) is 9.15. The second-order valence-corrected chi connectivity index (χ2v) is 7.18. The molecule has 2 heterocycles. The number of carboxylic acids is 1. The van der Waals surface area contributed by atoms with Gasteiger partial charge in [0.2, 0.25) is 0 Å². The number of carboxylic acid groups (broad SMARTS) is 1. The Morgan fingerprint density at radius 3 is 2.83 bits per heavy atom. The number of thioether (sulfide) groups is 1. The number of aliphatic carboxylic acids is 1. The fourth-order valence-corrected chi connectivity index (χ4v) is 4.40. The van der Waals surface area contributed by atoms with Crippen molar-refractivity contribution in [2.24, 2.45) is 0 Å². The molecule has 0 aliphatic carbocycles. The number of ether oxygens (including phenoxy) is 2. The van der Waals surface area contributed by atoms with Gasteiger partial charge in [-0.25, -0.2) is 0 Å². The van der Waals surface area contributed by atoms with E-state index >= 15 is 0 Å². The van der Waals surface area contributed by atoms with E-state index in [1.54, 1.807) is 7.11 Å². The van der Waals surface area contributed by atoms with E-state index in [4.69, 9.17) is 9.47 Å². The minimum absolute atomic E-state index is 0.0751. The van der Waals surface area contributed by atoms with Crippen LogP contribution in [0.5, 0.6) is 5.75 Å². The van der Waals surface area contributed by atoms with Crippen molar-refractivity contribution in [3.63, 3.8) is 0 Å². The molecule has 3 rings (SSSR count). The Hall–Kier alpha value is -1.50. The highest BCUT2D eigenvalue weighted by Crippen LogP contribution is 2.42. The molecule has 0 radical (unpaired) electrons. The summed E-state index contributed by atoms with van der Waals surface area (Å²) in [4.78, 5) is 11.8. The fraction of sp³-hybridized carbons (Fsp3) is 0.500. The summed E-state index contributed by atoms with van der Waals surface area (Å²) in [7, 11) is 1.63. The summed E-state index contributed by atoms with van der Waals surface area (Å²) in [6, 6.07) is 7.73. The van der Waals surface area contributed by atoms with Crippen LogP contribution in [0.25, 0.3) is 0 Å². The van der Waals surface area contributed by atoms with Crippen LogP contribution in [0.2, 0.25) is 0 Å². The van der Waals surface area contributed by atoms with Gasteiger partial charge < -0.3 is 19.9 Å². The summed E-state index contributed by atoms with van der Waals surface area (Å²) >= 11 is 1.32. The van der Waals surface area contributed by atoms with Gasteiger partial charge in [-0.3, -0.25) is 4.79 Å². The maximum Gasteiger partial charge on any atom is 0.320 e. The van der Waals surface area contributed by atoms with Crippen molar-refractivity contribution in [2.45, 2.75) is 36.2 Å². The molecular formula is C18H23NO4S. The molecule has 1 aromatic carbocycles. The van der Waals surface area contributed by atoms with Crippen molar-refractivity contribution in [2.75, 3.05) is 20.2 Å². The van der Waals surface area contributed by atoms with Crippen LogP contribution in [0, 0.1) is 0 Å². The quantitative estimate of drug-likeness (QED) is 0.822. The molecule has 2 aliphatic rings. The van der Waals surface area contributed by atoms with Crippen molar-refractivity contribution in [1.29, 1.82) is 0 Å². The van der Waals surface area contributed by atoms with E-state index in [1.165, 1.54) is 11.8 Å². The summed E-state index contributed by atoms with van der Waals surface area (Å²) in [5.41, 5.74) is 0.125. The van der Waals surface area contributed by atoms with Gasteiger partial charge in [-0.15, -0.1) is 11.8 Å². The van der Waals surface area contributed by atoms with E-state index in [2.05, 4.69) is 5.32 Å². The molecule has 0 spiro atoms. The first-order chi connectivity index (χ1) is 11.6. The first-order valence-electron chi connectivity index (χ1n) is 8.21. The van der Waals surface area contributed by atoms with E-state index in [0.29, 0.717) is 6.42 Å². The van der Waals surface area contributed by atoms with Crippen LogP contribution in [-0.4, -0.2) is 48.2 Å². The van der Waals surface area contributed by atoms with Crippen LogP contribution < -0.4 is 10.1 Å². The predicted octanol–water partition coefficient (Wildman–Crippen LogP) is 2.46. The predicted molar refractivity (Wildman–Crippen MR) is 94.6 cm³/mol. The van der Waals surface area contributed by atoms with Gasteiger partial charge in [-0.2, -0.15) is 0 Å². The van der Waals surface area contributed by atoms with E-state index in [9.17, 15) is 9.90 Å². The number of benzene rings is 1. The van der Waals surface area contributed by atoms with Crippen molar-refractivity contribution >= 4 is 17.7 Å². The second kappa shape index (κ2) is 7.59. The van der Waals surface area contributed by atoms with Crippen molar-refractivity contribution in [1.82, 2.24) is 5.32 Å². The monoisotopic (exact) mass is 349 g/mol. The Bertz CT molecular complexity index is 615. The summed E-state index contributed by atoms with van der Waals surface area (Å²) in [6.07, 6.45) is 4.29. The summed E-state index contributed by atoms with van der Waals surface area (Å²) in [6.45, 7) is 1.81. The lowest BCUT2D eigenvalue weighted by molar-refractivity contribution is -0.145. The van der Waals surface area contributed by atoms with E-state index in [0.717, 1.165) is 37.2 Å².